The van der Waals surface area contributed by atoms with Gasteiger partial charge >= 0.3 is 0 Å². The molecule has 3 atom stereocenters. The SMILES string of the molecule is COC1CCC(C2CCC(c3ccc(F)c(F)c3)C(F)C2)CC1. The summed E-state index contributed by atoms with van der Waals surface area (Å²) >= 11 is 0. The zero-order chi connectivity index (χ0) is 16.4. The minimum atomic E-state index is -0.959. The van der Waals surface area contributed by atoms with Gasteiger partial charge in [0.05, 0.1) is 6.10 Å². The molecule has 0 aliphatic heterocycles. The van der Waals surface area contributed by atoms with Crippen molar-refractivity contribution in [2.24, 2.45) is 11.8 Å². The lowest BCUT2D eigenvalue weighted by molar-refractivity contribution is 0.0332. The normalized spacial score (nSPS) is 35.2. The number of benzene rings is 1. The summed E-state index contributed by atoms with van der Waals surface area (Å²) in [5, 5.41) is 0. The molecule has 0 bridgehead atoms. The minimum absolute atomic E-state index is 0.295. The van der Waals surface area contributed by atoms with E-state index in [-0.39, 0.29) is 5.92 Å². The van der Waals surface area contributed by atoms with Crippen LogP contribution in [0.15, 0.2) is 18.2 Å². The Hall–Kier alpha value is -1.03. The maximum atomic E-state index is 14.7. The largest absolute Gasteiger partial charge is 0.381 e. The van der Waals surface area contributed by atoms with Gasteiger partial charge in [-0.15, -0.1) is 0 Å². The number of rotatable bonds is 3. The number of ether oxygens (including phenoxy) is 1. The summed E-state index contributed by atoms with van der Waals surface area (Å²) in [5.41, 5.74) is 0.595. The number of alkyl halides is 1. The van der Waals surface area contributed by atoms with Crippen molar-refractivity contribution in [3.63, 3.8) is 0 Å². The zero-order valence-electron chi connectivity index (χ0n) is 13.6. The molecule has 1 nitrogen and oxygen atoms in total. The van der Waals surface area contributed by atoms with Gasteiger partial charge in [0.25, 0.3) is 0 Å². The maximum absolute atomic E-state index is 14.7. The highest BCUT2D eigenvalue weighted by Crippen LogP contribution is 2.44. The van der Waals surface area contributed by atoms with E-state index in [4.69, 9.17) is 4.74 Å². The molecule has 2 aliphatic carbocycles. The zero-order valence-corrected chi connectivity index (χ0v) is 13.6. The summed E-state index contributed by atoms with van der Waals surface area (Å²) in [6, 6.07) is 3.80. The highest BCUT2D eigenvalue weighted by Gasteiger charge is 2.36. The third-order valence-corrected chi connectivity index (χ3v) is 5.90. The highest BCUT2D eigenvalue weighted by atomic mass is 19.2. The second-order valence-corrected chi connectivity index (χ2v) is 7.14. The Morgan fingerprint density at radius 3 is 2.22 bits per heavy atom. The van der Waals surface area contributed by atoms with Crippen LogP contribution in [0.1, 0.15) is 56.4 Å². The number of methoxy groups -OCH3 is 1. The minimum Gasteiger partial charge on any atom is -0.381 e. The van der Waals surface area contributed by atoms with Gasteiger partial charge < -0.3 is 4.74 Å². The van der Waals surface area contributed by atoms with Gasteiger partial charge in [0.15, 0.2) is 11.6 Å². The van der Waals surface area contributed by atoms with Gasteiger partial charge in [-0.25, -0.2) is 13.2 Å². The molecule has 0 radical (unpaired) electrons. The van der Waals surface area contributed by atoms with E-state index >= 15 is 0 Å². The fraction of sp³-hybridized carbons (Fsp3) is 0.684. The van der Waals surface area contributed by atoms with E-state index in [0.717, 1.165) is 50.7 Å². The first-order valence-electron chi connectivity index (χ1n) is 8.70. The van der Waals surface area contributed by atoms with Crippen LogP contribution in [0.3, 0.4) is 0 Å². The van der Waals surface area contributed by atoms with Crippen LogP contribution in [0.5, 0.6) is 0 Å². The predicted molar refractivity (Wildman–Crippen MR) is 84.1 cm³/mol. The summed E-state index contributed by atoms with van der Waals surface area (Å²) in [6.45, 7) is 0. The lowest BCUT2D eigenvalue weighted by atomic mass is 9.69. The molecule has 0 N–H and O–H groups in total. The van der Waals surface area contributed by atoms with Crippen LogP contribution in [0, 0.1) is 23.5 Å². The number of hydrogen-bond acceptors (Lipinski definition) is 1. The van der Waals surface area contributed by atoms with Crippen molar-refractivity contribution < 1.29 is 17.9 Å². The lowest BCUT2D eigenvalue weighted by Gasteiger charge is -2.39. The Balaban J connectivity index is 1.60. The second-order valence-electron chi connectivity index (χ2n) is 7.14. The molecule has 0 heterocycles. The van der Waals surface area contributed by atoms with E-state index in [1.165, 1.54) is 6.07 Å². The van der Waals surface area contributed by atoms with E-state index in [9.17, 15) is 13.2 Å². The van der Waals surface area contributed by atoms with Crippen LogP contribution in [0.4, 0.5) is 13.2 Å². The van der Waals surface area contributed by atoms with Crippen molar-refractivity contribution in [1.29, 1.82) is 0 Å². The Labute approximate surface area is 136 Å². The van der Waals surface area contributed by atoms with Gasteiger partial charge in [0.1, 0.15) is 6.17 Å². The quantitative estimate of drug-likeness (QED) is 0.723. The molecule has 0 amide bonds. The first kappa shape index (κ1) is 16.8. The first-order valence-corrected chi connectivity index (χ1v) is 8.70. The standard InChI is InChI=1S/C19H25F3O/c1-23-15-6-2-12(3-7-15)13-4-8-16(18(21)10-13)14-5-9-17(20)19(22)11-14/h5,9,11-13,15-16,18H,2-4,6-8,10H2,1H3. The number of halogens is 3. The van der Waals surface area contributed by atoms with E-state index in [1.807, 2.05) is 0 Å². The van der Waals surface area contributed by atoms with Crippen LogP contribution < -0.4 is 0 Å². The van der Waals surface area contributed by atoms with Crippen molar-refractivity contribution >= 4 is 0 Å². The molecule has 23 heavy (non-hydrogen) atoms. The molecule has 4 heteroatoms. The van der Waals surface area contributed by atoms with Crippen molar-refractivity contribution in [1.82, 2.24) is 0 Å². The van der Waals surface area contributed by atoms with Crippen LogP contribution >= 0.6 is 0 Å². The molecular formula is C19H25F3O. The van der Waals surface area contributed by atoms with E-state index in [0.29, 0.717) is 29.9 Å². The molecule has 3 unspecified atom stereocenters. The average Bonchev–Trinajstić information content (AvgIpc) is 2.57. The van der Waals surface area contributed by atoms with E-state index in [1.54, 1.807) is 7.11 Å². The van der Waals surface area contributed by atoms with E-state index in [2.05, 4.69) is 0 Å². The Morgan fingerprint density at radius 1 is 0.913 bits per heavy atom. The fourth-order valence-electron chi connectivity index (χ4n) is 4.49. The van der Waals surface area contributed by atoms with E-state index < -0.39 is 17.8 Å². The fourth-order valence-corrected chi connectivity index (χ4v) is 4.49. The first-order chi connectivity index (χ1) is 11.1. The van der Waals surface area contributed by atoms with Gasteiger partial charge in [0.2, 0.25) is 0 Å². The van der Waals surface area contributed by atoms with Gasteiger partial charge in [-0.05, 0) is 74.5 Å². The molecule has 3 rings (SSSR count). The average molecular weight is 326 g/mol. The monoisotopic (exact) mass is 326 g/mol. The molecule has 128 valence electrons. The van der Waals surface area contributed by atoms with Crippen LogP contribution in [0.25, 0.3) is 0 Å². The third-order valence-electron chi connectivity index (χ3n) is 5.90. The second kappa shape index (κ2) is 7.25. The summed E-state index contributed by atoms with van der Waals surface area (Å²) in [4.78, 5) is 0. The molecule has 0 aromatic heterocycles. The van der Waals surface area contributed by atoms with Crippen molar-refractivity contribution in [2.45, 2.75) is 63.1 Å². The maximum Gasteiger partial charge on any atom is 0.159 e. The molecule has 2 fully saturated rings. The molecule has 2 saturated carbocycles. The van der Waals surface area contributed by atoms with Gasteiger partial charge in [-0.1, -0.05) is 6.07 Å². The Kier molecular flexibility index (Phi) is 5.30. The molecule has 0 spiro atoms. The third kappa shape index (κ3) is 3.73. The van der Waals surface area contributed by atoms with Crippen LogP contribution in [0.2, 0.25) is 0 Å². The Morgan fingerprint density at radius 2 is 1.61 bits per heavy atom. The smallest absolute Gasteiger partial charge is 0.159 e. The molecular weight excluding hydrogens is 301 g/mol. The van der Waals surface area contributed by atoms with Crippen LogP contribution in [-0.4, -0.2) is 19.4 Å². The van der Waals surface area contributed by atoms with Crippen molar-refractivity contribution in [3.05, 3.63) is 35.4 Å². The van der Waals surface area contributed by atoms with Crippen molar-refractivity contribution in [2.75, 3.05) is 7.11 Å². The summed E-state index contributed by atoms with van der Waals surface area (Å²) < 4.78 is 46.5. The number of hydrogen-bond donors (Lipinski definition) is 0. The van der Waals surface area contributed by atoms with Crippen LogP contribution in [-0.2, 0) is 4.74 Å². The van der Waals surface area contributed by atoms with Gasteiger partial charge in [-0.3, -0.25) is 0 Å². The highest BCUT2D eigenvalue weighted by molar-refractivity contribution is 5.23. The Bertz CT molecular complexity index is 525. The molecule has 1 aromatic rings. The van der Waals surface area contributed by atoms with Crippen molar-refractivity contribution in [3.8, 4) is 0 Å². The summed E-state index contributed by atoms with van der Waals surface area (Å²) in [7, 11) is 1.76. The summed E-state index contributed by atoms with van der Waals surface area (Å²) in [6.07, 6.45) is 6.03. The topological polar surface area (TPSA) is 9.23 Å². The predicted octanol–water partition coefficient (Wildman–Crippen LogP) is 5.39. The van der Waals surface area contributed by atoms with Gasteiger partial charge in [-0.2, -0.15) is 0 Å². The molecule has 2 aliphatic rings. The molecule has 1 aromatic carbocycles. The van der Waals surface area contributed by atoms with Gasteiger partial charge in [0, 0.05) is 13.0 Å². The molecule has 0 saturated heterocycles. The summed E-state index contributed by atoms with van der Waals surface area (Å²) in [5.74, 6) is -1.03. The lowest BCUT2D eigenvalue weighted by Crippen LogP contribution is -2.32.